The summed E-state index contributed by atoms with van der Waals surface area (Å²) in [4.78, 5) is 20.2. The van der Waals surface area contributed by atoms with Crippen LogP contribution in [0.15, 0.2) is 67.4 Å². The Kier molecular flexibility index (Phi) is 19.4. The quantitative estimate of drug-likeness (QED) is 0.257. The number of aryl methyl sites for hydroxylation is 2. The Balaban J connectivity index is 0. The fourth-order valence-corrected chi connectivity index (χ4v) is 1.82. The van der Waals surface area contributed by atoms with E-state index in [2.05, 4.69) is 49.4 Å². The van der Waals surface area contributed by atoms with Crippen molar-refractivity contribution in [3.63, 3.8) is 0 Å². The molecule has 0 saturated heterocycles. The Bertz CT molecular complexity index is 707. The molecule has 4 heteroatoms. The van der Waals surface area contributed by atoms with E-state index >= 15 is 0 Å². The van der Waals surface area contributed by atoms with Crippen molar-refractivity contribution in [2.45, 2.75) is 67.2 Å². The largest absolute Gasteiger partial charge is 0.435 e. The second-order valence-electron chi connectivity index (χ2n) is 7.29. The molecule has 0 amide bonds. The fraction of sp³-hybridized carbons (Fsp3) is 0.407. The van der Waals surface area contributed by atoms with E-state index in [0.29, 0.717) is 6.42 Å². The topological polar surface area (TPSA) is 43.4 Å². The minimum atomic E-state index is -0.241. The molecule has 0 unspecified atom stereocenters. The number of aldehydes is 1. The van der Waals surface area contributed by atoms with Crippen molar-refractivity contribution in [3.05, 3.63) is 83.6 Å². The van der Waals surface area contributed by atoms with Crippen LogP contribution in [0.5, 0.6) is 0 Å². The van der Waals surface area contributed by atoms with Gasteiger partial charge in [0.2, 0.25) is 0 Å². The summed E-state index contributed by atoms with van der Waals surface area (Å²) in [6.45, 7) is 15.1. The molecular formula is C27H39ClO3. The molecule has 0 radical (unpaired) electrons. The fourth-order valence-electron chi connectivity index (χ4n) is 1.69. The summed E-state index contributed by atoms with van der Waals surface area (Å²) in [6, 6.07) is 18.4. The van der Waals surface area contributed by atoms with Crippen LogP contribution in [-0.2, 0) is 27.2 Å². The van der Waals surface area contributed by atoms with Gasteiger partial charge in [0.1, 0.15) is 6.29 Å². The average molecular weight is 447 g/mol. The maximum Gasteiger partial charge on any atom is 0.310 e. The van der Waals surface area contributed by atoms with E-state index in [1.165, 1.54) is 11.1 Å². The summed E-state index contributed by atoms with van der Waals surface area (Å²) >= 11 is 5.67. The molecule has 31 heavy (non-hydrogen) atoms. The lowest BCUT2D eigenvalue weighted by Crippen LogP contribution is -2.09. The lowest BCUT2D eigenvalue weighted by Gasteiger charge is -2.10. The zero-order valence-electron chi connectivity index (χ0n) is 20.0. The van der Waals surface area contributed by atoms with E-state index in [0.717, 1.165) is 36.8 Å². The highest BCUT2D eigenvalue weighted by Gasteiger charge is 2.11. The van der Waals surface area contributed by atoms with Gasteiger partial charge in [-0.1, -0.05) is 102 Å². The van der Waals surface area contributed by atoms with Gasteiger partial charge in [-0.05, 0) is 42.5 Å². The molecule has 172 valence electrons. The molecule has 0 atom stereocenters. The predicted molar refractivity (Wildman–Crippen MR) is 133 cm³/mol. The standard InChI is InChI=1S/C8H9Cl.C8H10.C6H12O.C5H8O2/c1-2-7-3-5-8(9)6-4-7;1-2-8-6-4-3-5-7-8;1-4-6(2,3)5-7;1-3-5(6)7-4-2/h3-6H,2H2,1H3;3-7H,2H2,1H3;5H,4H2,1-3H3;4H,2-3H2,1H3. The molecule has 0 aromatic heterocycles. The van der Waals surface area contributed by atoms with Crippen molar-refractivity contribution >= 4 is 23.9 Å². The van der Waals surface area contributed by atoms with Crippen LogP contribution in [0, 0.1) is 5.41 Å². The van der Waals surface area contributed by atoms with Gasteiger partial charge in [0.05, 0.1) is 6.26 Å². The Labute approximate surface area is 194 Å². The summed E-state index contributed by atoms with van der Waals surface area (Å²) in [5.74, 6) is -0.241. The van der Waals surface area contributed by atoms with Crippen LogP contribution < -0.4 is 0 Å². The molecule has 0 N–H and O–H groups in total. The third kappa shape index (κ3) is 19.3. The normalized spacial score (nSPS) is 9.39. The van der Waals surface area contributed by atoms with Crippen LogP contribution in [0.1, 0.15) is 65.5 Å². The van der Waals surface area contributed by atoms with Crippen LogP contribution in [0.3, 0.4) is 0 Å². The lowest BCUT2D eigenvalue weighted by molar-refractivity contribution is -0.137. The Morgan fingerprint density at radius 2 is 1.42 bits per heavy atom. The van der Waals surface area contributed by atoms with Gasteiger partial charge in [0.25, 0.3) is 0 Å². The first-order chi connectivity index (χ1) is 14.7. The maximum atomic E-state index is 10.1. The van der Waals surface area contributed by atoms with Gasteiger partial charge in [0, 0.05) is 16.9 Å². The molecular weight excluding hydrogens is 408 g/mol. The minimum absolute atomic E-state index is 0.0972. The number of rotatable bonds is 6. The molecule has 0 aliphatic rings. The zero-order chi connectivity index (χ0) is 24.1. The van der Waals surface area contributed by atoms with Crippen LogP contribution in [0.25, 0.3) is 0 Å². The summed E-state index contributed by atoms with van der Waals surface area (Å²) in [7, 11) is 0. The van der Waals surface area contributed by atoms with Gasteiger partial charge in [-0.2, -0.15) is 0 Å². The third-order valence-electron chi connectivity index (χ3n) is 4.31. The maximum absolute atomic E-state index is 10.1. The SMILES string of the molecule is C=COC(=O)CC.CCC(C)(C)C=O.CCc1ccc(Cl)cc1.CCc1ccccc1. The Hall–Kier alpha value is -2.39. The number of carbonyl (C=O) groups excluding carboxylic acids is 2. The molecule has 2 rings (SSSR count). The zero-order valence-corrected chi connectivity index (χ0v) is 20.7. The van der Waals surface area contributed by atoms with E-state index in [4.69, 9.17) is 11.6 Å². The number of hydrogen-bond acceptors (Lipinski definition) is 3. The first kappa shape index (κ1) is 30.8. The van der Waals surface area contributed by atoms with Crippen LogP contribution in [-0.4, -0.2) is 12.3 Å². The molecule has 2 aromatic rings. The minimum Gasteiger partial charge on any atom is -0.435 e. The van der Waals surface area contributed by atoms with E-state index < -0.39 is 0 Å². The van der Waals surface area contributed by atoms with Gasteiger partial charge in [-0.15, -0.1) is 0 Å². The molecule has 0 heterocycles. The van der Waals surface area contributed by atoms with Crippen molar-refractivity contribution in [1.82, 2.24) is 0 Å². The number of hydrogen-bond donors (Lipinski definition) is 0. The summed E-state index contributed by atoms with van der Waals surface area (Å²) < 4.78 is 4.32. The van der Waals surface area contributed by atoms with Gasteiger partial charge in [-0.3, -0.25) is 4.79 Å². The monoisotopic (exact) mass is 446 g/mol. The molecule has 2 aromatic carbocycles. The van der Waals surface area contributed by atoms with E-state index in [1.54, 1.807) is 6.92 Å². The Morgan fingerprint density at radius 1 is 0.935 bits per heavy atom. The summed E-state index contributed by atoms with van der Waals surface area (Å²) in [5.41, 5.74) is 2.65. The van der Waals surface area contributed by atoms with Gasteiger partial charge < -0.3 is 9.53 Å². The summed E-state index contributed by atoms with van der Waals surface area (Å²) in [6.07, 6.45) is 5.68. The highest BCUT2D eigenvalue weighted by molar-refractivity contribution is 6.30. The van der Waals surface area contributed by atoms with E-state index in [9.17, 15) is 9.59 Å². The van der Waals surface area contributed by atoms with Crippen LogP contribution in [0.2, 0.25) is 5.02 Å². The first-order valence-corrected chi connectivity index (χ1v) is 11.1. The molecule has 0 aliphatic heterocycles. The van der Waals surface area contributed by atoms with Crippen molar-refractivity contribution in [2.75, 3.05) is 0 Å². The Morgan fingerprint density at radius 3 is 1.68 bits per heavy atom. The van der Waals surface area contributed by atoms with E-state index in [-0.39, 0.29) is 11.4 Å². The average Bonchev–Trinajstić information content (AvgIpc) is 2.81. The van der Waals surface area contributed by atoms with Crippen molar-refractivity contribution in [1.29, 1.82) is 0 Å². The number of ether oxygens (including phenoxy) is 1. The lowest BCUT2D eigenvalue weighted by atomic mass is 9.93. The summed E-state index contributed by atoms with van der Waals surface area (Å²) in [5, 5.41) is 0.812. The van der Waals surface area contributed by atoms with Gasteiger partial charge >= 0.3 is 5.97 Å². The van der Waals surface area contributed by atoms with Gasteiger partial charge in [-0.25, -0.2) is 0 Å². The molecule has 0 spiro atoms. The number of esters is 1. The second-order valence-corrected chi connectivity index (χ2v) is 7.73. The van der Waals surface area contributed by atoms with Gasteiger partial charge in [0.15, 0.2) is 0 Å². The first-order valence-electron chi connectivity index (χ1n) is 10.7. The molecule has 3 nitrogen and oxygen atoms in total. The molecule has 0 saturated carbocycles. The third-order valence-corrected chi connectivity index (χ3v) is 4.56. The predicted octanol–water partition coefficient (Wildman–Crippen LogP) is 7.86. The number of halogens is 1. The highest BCUT2D eigenvalue weighted by atomic mass is 35.5. The van der Waals surface area contributed by atoms with Crippen molar-refractivity contribution in [2.24, 2.45) is 5.41 Å². The van der Waals surface area contributed by atoms with Crippen LogP contribution in [0.4, 0.5) is 0 Å². The smallest absolute Gasteiger partial charge is 0.310 e. The number of carbonyl (C=O) groups is 2. The van der Waals surface area contributed by atoms with Crippen molar-refractivity contribution < 1.29 is 14.3 Å². The van der Waals surface area contributed by atoms with Crippen LogP contribution >= 0.6 is 11.6 Å². The highest BCUT2D eigenvalue weighted by Crippen LogP contribution is 2.14. The number of benzene rings is 2. The molecule has 0 aliphatic carbocycles. The molecule has 0 fully saturated rings. The molecule has 0 bridgehead atoms. The second kappa shape index (κ2) is 19.6. The van der Waals surface area contributed by atoms with E-state index in [1.807, 2.05) is 51.1 Å². The van der Waals surface area contributed by atoms with Crippen molar-refractivity contribution in [3.8, 4) is 0 Å².